The number of carboxylic acid groups (broad SMARTS) is 1. The second-order valence-electron chi connectivity index (χ2n) is 5.57. The maximum atomic E-state index is 11.3. The van der Waals surface area contributed by atoms with E-state index in [4.69, 9.17) is 0 Å². The molecule has 1 aromatic heterocycles. The summed E-state index contributed by atoms with van der Waals surface area (Å²) in [6, 6.07) is 9.73. The molecule has 0 unspecified atom stereocenters. The van der Waals surface area contributed by atoms with Crippen molar-refractivity contribution in [2.75, 3.05) is 0 Å². The maximum Gasteiger partial charge on any atom is 0.354 e. The molecule has 0 aliphatic rings. The smallest absolute Gasteiger partial charge is 0.354 e. The number of rotatable bonds is 5. The van der Waals surface area contributed by atoms with E-state index >= 15 is 0 Å². The number of aryl methyl sites for hydroxylation is 1. The summed E-state index contributed by atoms with van der Waals surface area (Å²) in [5, 5.41) is 13.7. The molecule has 20 heavy (non-hydrogen) atoms. The van der Waals surface area contributed by atoms with Gasteiger partial charge in [-0.25, -0.2) is 4.79 Å². The van der Waals surface area contributed by atoms with E-state index in [1.54, 1.807) is 10.7 Å². The number of aromatic nitrogens is 2. The van der Waals surface area contributed by atoms with Crippen LogP contribution >= 0.6 is 0 Å². The van der Waals surface area contributed by atoms with Gasteiger partial charge in [-0.3, -0.25) is 4.68 Å². The molecule has 0 saturated carbocycles. The number of hydrogen-bond acceptors (Lipinski definition) is 2. The molecule has 4 heteroatoms. The zero-order chi connectivity index (χ0) is 14.7. The van der Waals surface area contributed by atoms with Crippen LogP contribution in [-0.2, 0) is 13.0 Å². The first-order chi connectivity index (χ1) is 9.45. The monoisotopic (exact) mass is 272 g/mol. The van der Waals surface area contributed by atoms with E-state index in [0.29, 0.717) is 12.5 Å². The lowest BCUT2D eigenvalue weighted by molar-refractivity contribution is 0.0684. The predicted octanol–water partition coefficient (Wildman–Crippen LogP) is 3.14. The molecule has 0 aliphatic heterocycles. The van der Waals surface area contributed by atoms with Crippen molar-refractivity contribution in [3.63, 3.8) is 0 Å². The number of benzene rings is 1. The molecule has 2 aromatic rings. The van der Waals surface area contributed by atoms with Gasteiger partial charge >= 0.3 is 5.97 Å². The fourth-order valence-corrected chi connectivity index (χ4v) is 2.15. The summed E-state index contributed by atoms with van der Waals surface area (Å²) in [7, 11) is 0. The maximum absolute atomic E-state index is 11.3. The molecule has 0 fully saturated rings. The Labute approximate surface area is 119 Å². The molecule has 1 N–H and O–H groups in total. The van der Waals surface area contributed by atoms with Crippen molar-refractivity contribution in [1.82, 2.24) is 9.78 Å². The van der Waals surface area contributed by atoms with Crippen LogP contribution in [0.1, 0.15) is 41.2 Å². The standard InChI is InChI=1S/C16H20N2O2/c1-11(2)8-14-9-15(16(19)20)18(17-14)10-13-6-4-12(3)5-7-13/h4-7,9,11H,8,10H2,1-3H3,(H,19,20). The third kappa shape index (κ3) is 3.47. The van der Waals surface area contributed by atoms with Crippen LogP contribution in [0.2, 0.25) is 0 Å². The van der Waals surface area contributed by atoms with Crippen molar-refractivity contribution < 1.29 is 9.90 Å². The first-order valence-corrected chi connectivity index (χ1v) is 6.81. The van der Waals surface area contributed by atoms with Crippen LogP contribution in [0.3, 0.4) is 0 Å². The summed E-state index contributed by atoms with van der Waals surface area (Å²) in [4.78, 5) is 11.3. The predicted molar refractivity (Wildman–Crippen MR) is 78.0 cm³/mol. The summed E-state index contributed by atoms with van der Waals surface area (Å²) in [5.74, 6) is -0.473. The van der Waals surface area contributed by atoms with Crippen molar-refractivity contribution in [1.29, 1.82) is 0 Å². The van der Waals surface area contributed by atoms with E-state index < -0.39 is 5.97 Å². The fraction of sp³-hybridized carbons (Fsp3) is 0.375. The quantitative estimate of drug-likeness (QED) is 0.909. The molecule has 1 aromatic carbocycles. The van der Waals surface area contributed by atoms with Crippen LogP contribution in [0, 0.1) is 12.8 Å². The van der Waals surface area contributed by atoms with Crippen LogP contribution in [0.4, 0.5) is 0 Å². The molecule has 1 heterocycles. The van der Waals surface area contributed by atoms with E-state index in [9.17, 15) is 9.90 Å². The number of hydrogen-bond donors (Lipinski definition) is 1. The molecule has 2 rings (SSSR count). The lowest BCUT2D eigenvalue weighted by atomic mass is 10.1. The molecular weight excluding hydrogens is 252 g/mol. The van der Waals surface area contributed by atoms with E-state index in [1.165, 1.54) is 5.56 Å². The summed E-state index contributed by atoms with van der Waals surface area (Å²) in [5.41, 5.74) is 3.33. The van der Waals surface area contributed by atoms with Gasteiger partial charge in [0, 0.05) is 0 Å². The molecule has 0 saturated heterocycles. The lowest BCUT2D eigenvalue weighted by Crippen LogP contribution is -2.11. The average Bonchev–Trinajstić information content (AvgIpc) is 2.74. The highest BCUT2D eigenvalue weighted by molar-refractivity contribution is 5.85. The lowest BCUT2D eigenvalue weighted by Gasteiger charge is -2.05. The van der Waals surface area contributed by atoms with Gasteiger partial charge in [0.1, 0.15) is 5.69 Å². The number of nitrogens with zero attached hydrogens (tertiary/aromatic N) is 2. The Balaban J connectivity index is 2.27. The summed E-state index contributed by atoms with van der Waals surface area (Å²) < 4.78 is 1.57. The minimum absolute atomic E-state index is 0.251. The van der Waals surface area contributed by atoms with E-state index in [0.717, 1.165) is 17.7 Å². The minimum atomic E-state index is -0.931. The molecule has 0 aliphatic carbocycles. The van der Waals surface area contributed by atoms with Gasteiger partial charge < -0.3 is 5.11 Å². The highest BCUT2D eigenvalue weighted by Crippen LogP contribution is 2.13. The van der Waals surface area contributed by atoms with Gasteiger partial charge in [-0.05, 0) is 30.9 Å². The van der Waals surface area contributed by atoms with Gasteiger partial charge in [0.15, 0.2) is 0 Å². The highest BCUT2D eigenvalue weighted by Gasteiger charge is 2.15. The Hall–Kier alpha value is -2.10. The Morgan fingerprint density at radius 3 is 2.50 bits per heavy atom. The first kappa shape index (κ1) is 14.3. The van der Waals surface area contributed by atoms with Crippen LogP contribution in [-0.4, -0.2) is 20.9 Å². The number of aromatic carboxylic acids is 1. The second-order valence-corrected chi connectivity index (χ2v) is 5.57. The molecule has 0 radical (unpaired) electrons. The Bertz CT molecular complexity index is 597. The Morgan fingerprint density at radius 1 is 1.30 bits per heavy atom. The Kier molecular flexibility index (Phi) is 4.23. The van der Waals surface area contributed by atoms with Crippen molar-refractivity contribution >= 4 is 5.97 Å². The Morgan fingerprint density at radius 2 is 1.95 bits per heavy atom. The van der Waals surface area contributed by atoms with Crippen molar-refractivity contribution in [3.8, 4) is 0 Å². The van der Waals surface area contributed by atoms with Crippen molar-refractivity contribution in [3.05, 3.63) is 52.8 Å². The molecule has 0 atom stereocenters. The minimum Gasteiger partial charge on any atom is -0.477 e. The summed E-state index contributed by atoms with van der Waals surface area (Å²) in [6.07, 6.45) is 0.793. The number of carboxylic acids is 1. The van der Waals surface area contributed by atoms with Crippen molar-refractivity contribution in [2.24, 2.45) is 5.92 Å². The van der Waals surface area contributed by atoms with Crippen molar-refractivity contribution in [2.45, 2.75) is 33.7 Å². The molecular formula is C16H20N2O2. The number of carbonyl (C=O) groups is 1. The normalized spacial score (nSPS) is 11.0. The van der Waals surface area contributed by atoms with Gasteiger partial charge in [-0.15, -0.1) is 0 Å². The largest absolute Gasteiger partial charge is 0.477 e. The third-order valence-electron chi connectivity index (χ3n) is 3.12. The summed E-state index contributed by atoms with van der Waals surface area (Å²) >= 11 is 0. The van der Waals surface area contributed by atoms with E-state index in [2.05, 4.69) is 18.9 Å². The second kappa shape index (κ2) is 5.90. The van der Waals surface area contributed by atoms with Gasteiger partial charge in [0.05, 0.1) is 12.2 Å². The summed E-state index contributed by atoms with van der Waals surface area (Å²) in [6.45, 7) is 6.71. The van der Waals surface area contributed by atoms with Gasteiger partial charge in [-0.1, -0.05) is 43.7 Å². The fourth-order valence-electron chi connectivity index (χ4n) is 2.15. The van der Waals surface area contributed by atoms with E-state index in [-0.39, 0.29) is 5.69 Å². The average molecular weight is 272 g/mol. The topological polar surface area (TPSA) is 55.1 Å². The van der Waals surface area contributed by atoms with Crippen LogP contribution in [0.25, 0.3) is 0 Å². The molecule has 0 bridgehead atoms. The highest BCUT2D eigenvalue weighted by atomic mass is 16.4. The van der Waals surface area contributed by atoms with Crippen LogP contribution in [0.15, 0.2) is 30.3 Å². The van der Waals surface area contributed by atoms with Crippen LogP contribution in [0.5, 0.6) is 0 Å². The zero-order valence-corrected chi connectivity index (χ0v) is 12.1. The van der Waals surface area contributed by atoms with Crippen LogP contribution < -0.4 is 0 Å². The first-order valence-electron chi connectivity index (χ1n) is 6.81. The third-order valence-corrected chi connectivity index (χ3v) is 3.12. The molecule has 106 valence electrons. The molecule has 0 amide bonds. The SMILES string of the molecule is Cc1ccc(Cn2nc(CC(C)C)cc2C(=O)O)cc1. The molecule has 4 nitrogen and oxygen atoms in total. The van der Waals surface area contributed by atoms with Gasteiger partial charge in [0.25, 0.3) is 0 Å². The van der Waals surface area contributed by atoms with E-state index in [1.807, 2.05) is 31.2 Å². The van der Waals surface area contributed by atoms with Gasteiger partial charge in [-0.2, -0.15) is 5.10 Å². The zero-order valence-electron chi connectivity index (χ0n) is 12.1. The molecule has 0 spiro atoms. The van der Waals surface area contributed by atoms with Gasteiger partial charge in [0.2, 0.25) is 0 Å².